The largest absolute Gasteiger partial charge is 0.508 e. The number of anilines is 2. The monoisotopic (exact) mass is 399 g/mol. The van der Waals surface area contributed by atoms with E-state index in [1.165, 1.54) is 17.0 Å². The molecule has 0 spiro atoms. The highest BCUT2D eigenvalue weighted by Gasteiger charge is 2.47. The number of phenolic OH excluding ortho intramolecular Hbond substituents is 1. The van der Waals surface area contributed by atoms with Crippen molar-refractivity contribution in [1.29, 1.82) is 0 Å². The van der Waals surface area contributed by atoms with Crippen LogP contribution < -0.4 is 10.2 Å². The third kappa shape index (κ3) is 2.71. The van der Waals surface area contributed by atoms with Crippen LogP contribution in [0.5, 0.6) is 5.75 Å². The molecule has 3 aromatic rings. The first-order valence-corrected chi connectivity index (χ1v) is 9.46. The fourth-order valence-corrected chi connectivity index (χ4v) is 4.07. The first-order chi connectivity index (χ1) is 14.5. The van der Waals surface area contributed by atoms with Gasteiger partial charge in [-0.25, -0.2) is 0 Å². The Hall–Kier alpha value is -4.13. The Balaban J connectivity index is 1.53. The molecule has 5 rings (SSSR count). The number of hydrogen-bond donors (Lipinski definition) is 2. The van der Waals surface area contributed by atoms with Gasteiger partial charge in [-0.05, 0) is 30.3 Å². The first kappa shape index (κ1) is 17.9. The maximum Gasteiger partial charge on any atom is 0.260 e. The van der Waals surface area contributed by atoms with Gasteiger partial charge < -0.3 is 15.3 Å². The van der Waals surface area contributed by atoms with Crippen LogP contribution in [0.3, 0.4) is 0 Å². The maximum absolute atomic E-state index is 13.3. The molecule has 0 saturated carbocycles. The number of nitrogens with one attached hydrogen (secondary N) is 1. The maximum atomic E-state index is 13.3. The number of carbonyl (C=O) groups is 3. The molecule has 3 amide bonds. The third-order valence-corrected chi connectivity index (χ3v) is 5.33. The number of fused-ring (bicyclic) bond motifs is 5. The van der Waals surface area contributed by atoms with E-state index in [9.17, 15) is 19.5 Å². The summed E-state index contributed by atoms with van der Waals surface area (Å²) in [6.45, 7) is -0.244. The Bertz CT molecular complexity index is 1210. The molecule has 0 saturated heterocycles. The van der Waals surface area contributed by atoms with E-state index in [4.69, 9.17) is 0 Å². The molecule has 0 aliphatic carbocycles. The van der Waals surface area contributed by atoms with E-state index in [-0.39, 0.29) is 24.1 Å². The molecule has 0 fully saturated rings. The van der Waals surface area contributed by atoms with Crippen LogP contribution in [0.15, 0.2) is 72.8 Å². The lowest BCUT2D eigenvalue weighted by atomic mass is 10.0. The van der Waals surface area contributed by atoms with Gasteiger partial charge >= 0.3 is 0 Å². The molecule has 0 bridgehead atoms. The fraction of sp³-hybridized carbons (Fsp3) is 0.0870. The van der Waals surface area contributed by atoms with Crippen molar-refractivity contribution >= 4 is 29.1 Å². The molecular formula is C23H17N3O4. The zero-order valence-electron chi connectivity index (χ0n) is 15.8. The quantitative estimate of drug-likeness (QED) is 0.708. The van der Waals surface area contributed by atoms with Gasteiger partial charge in [0, 0.05) is 22.9 Å². The SMILES string of the molecule is O=C(CN1C(=O)c2ccccc2N2C(=O)c3ccccc3[C@@H]12)Nc1cccc(O)c1. The molecular weight excluding hydrogens is 382 g/mol. The van der Waals surface area contributed by atoms with E-state index in [2.05, 4.69) is 5.32 Å². The number of carbonyl (C=O) groups excluding carboxylic acids is 3. The molecule has 148 valence electrons. The highest BCUT2D eigenvalue weighted by molar-refractivity contribution is 6.17. The van der Waals surface area contributed by atoms with E-state index in [0.717, 1.165) is 0 Å². The number of nitrogens with zero attached hydrogens (tertiary/aromatic N) is 2. The second-order valence-corrected chi connectivity index (χ2v) is 7.18. The van der Waals surface area contributed by atoms with Gasteiger partial charge in [-0.2, -0.15) is 0 Å². The van der Waals surface area contributed by atoms with Gasteiger partial charge in [0.1, 0.15) is 18.5 Å². The summed E-state index contributed by atoms with van der Waals surface area (Å²) in [6.07, 6.45) is -0.689. The number of hydrogen-bond acceptors (Lipinski definition) is 4. The van der Waals surface area contributed by atoms with Gasteiger partial charge in [-0.15, -0.1) is 0 Å². The fourth-order valence-electron chi connectivity index (χ4n) is 4.07. The van der Waals surface area contributed by atoms with Gasteiger partial charge in [0.05, 0.1) is 11.3 Å². The molecule has 0 unspecified atom stereocenters. The molecule has 0 radical (unpaired) electrons. The summed E-state index contributed by atoms with van der Waals surface area (Å²) in [7, 11) is 0. The van der Waals surface area contributed by atoms with Crippen molar-refractivity contribution in [3.8, 4) is 5.75 Å². The van der Waals surface area contributed by atoms with Crippen molar-refractivity contribution in [3.63, 3.8) is 0 Å². The summed E-state index contributed by atoms with van der Waals surface area (Å²) >= 11 is 0. The standard InChI is InChI=1S/C23H17N3O4/c27-15-7-5-6-14(12-15)24-20(28)13-25-21-16-8-1-2-9-17(16)23(30)26(21)19-11-4-3-10-18(19)22(25)29/h1-12,21,27H,13H2,(H,24,28)/t21-/m0/s1. The summed E-state index contributed by atoms with van der Waals surface area (Å²) in [5, 5.41) is 12.3. The van der Waals surface area contributed by atoms with Crippen molar-refractivity contribution in [2.45, 2.75) is 6.17 Å². The normalized spacial score (nSPS) is 16.7. The minimum Gasteiger partial charge on any atom is -0.508 e. The molecule has 7 nitrogen and oxygen atoms in total. The van der Waals surface area contributed by atoms with Crippen LogP contribution in [-0.4, -0.2) is 34.3 Å². The summed E-state index contributed by atoms with van der Waals surface area (Å²) in [5.74, 6) is -0.918. The molecule has 2 aliphatic rings. The lowest BCUT2D eigenvalue weighted by Gasteiger charge is -2.40. The van der Waals surface area contributed by atoms with E-state index in [1.807, 2.05) is 6.07 Å². The summed E-state index contributed by atoms with van der Waals surface area (Å²) < 4.78 is 0. The van der Waals surface area contributed by atoms with Crippen LogP contribution in [-0.2, 0) is 4.79 Å². The van der Waals surface area contributed by atoms with Gasteiger partial charge in [-0.1, -0.05) is 36.4 Å². The zero-order valence-corrected chi connectivity index (χ0v) is 15.8. The number of para-hydroxylation sites is 1. The number of amides is 3. The van der Waals surface area contributed by atoms with Crippen molar-refractivity contribution in [2.75, 3.05) is 16.8 Å². The number of rotatable bonds is 3. The van der Waals surface area contributed by atoms with Gasteiger partial charge in [-0.3, -0.25) is 19.3 Å². The minimum atomic E-state index is -0.689. The zero-order chi connectivity index (χ0) is 20.8. The van der Waals surface area contributed by atoms with Crippen LogP contribution >= 0.6 is 0 Å². The third-order valence-electron chi connectivity index (χ3n) is 5.33. The van der Waals surface area contributed by atoms with Gasteiger partial charge in [0.15, 0.2) is 0 Å². The molecule has 3 aromatic carbocycles. The van der Waals surface area contributed by atoms with Crippen molar-refractivity contribution in [3.05, 3.63) is 89.5 Å². The van der Waals surface area contributed by atoms with Crippen molar-refractivity contribution in [2.24, 2.45) is 0 Å². The van der Waals surface area contributed by atoms with E-state index >= 15 is 0 Å². The van der Waals surface area contributed by atoms with Crippen LogP contribution in [0.2, 0.25) is 0 Å². The van der Waals surface area contributed by atoms with Gasteiger partial charge in [0.2, 0.25) is 5.91 Å². The number of benzene rings is 3. The first-order valence-electron chi connectivity index (χ1n) is 9.46. The molecule has 2 N–H and O–H groups in total. The Morgan fingerprint density at radius 2 is 1.63 bits per heavy atom. The molecule has 2 heterocycles. The molecule has 7 heteroatoms. The highest BCUT2D eigenvalue weighted by Crippen LogP contribution is 2.44. The predicted molar refractivity (Wildman–Crippen MR) is 110 cm³/mol. The van der Waals surface area contributed by atoms with Crippen LogP contribution in [0.4, 0.5) is 11.4 Å². The number of phenols is 1. The van der Waals surface area contributed by atoms with E-state index in [0.29, 0.717) is 28.1 Å². The Labute approximate surface area is 172 Å². The Kier molecular flexibility index (Phi) is 4.03. The van der Waals surface area contributed by atoms with Crippen molar-refractivity contribution in [1.82, 2.24) is 4.90 Å². The molecule has 30 heavy (non-hydrogen) atoms. The Morgan fingerprint density at radius 1 is 0.900 bits per heavy atom. The lowest BCUT2D eigenvalue weighted by Crippen LogP contribution is -2.50. The van der Waals surface area contributed by atoms with Gasteiger partial charge in [0.25, 0.3) is 11.8 Å². The van der Waals surface area contributed by atoms with E-state index in [1.54, 1.807) is 59.5 Å². The highest BCUT2D eigenvalue weighted by atomic mass is 16.3. The lowest BCUT2D eigenvalue weighted by molar-refractivity contribution is -0.117. The molecule has 1 atom stereocenters. The second-order valence-electron chi connectivity index (χ2n) is 7.18. The van der Waals surface area contributed by atoms with Crippen LogP contribution in [0.25, 0.3) is 0 Å². The second kappa shape index (κ2) is 6.73. The predicted octanol–water partition coefficient (Wildman–Crippen LogP) is 3.15. The average molecular weight is 399 g/mol. The average Bonchev–Trinajstić information content (AvgIpc) is 3.04. The van der Waals surface area contributed by atoms with Crippen LogP contribution in [0.1, 0.15) is 32.4 Å². The molecule has 0 aromatic heterocycles. The van der Waals surface area contributed by atoms with Crippen molar-refractivity contribution < 1.29 is 19.5 Å². The summed E-state index contributed by atoms with van der Waals surface area (Å²) in [6, 6.07) is 20.2. The minimum absolute atomic E-state index is 0.0252. The van der Waals surface area contributed by atoms with E-state index < -0.39 is 12.1 Å². The smallest absolute Gasteiger partial charge is 0.260 e. The van der Waals surface area contributed by atoms with Crippen LogP contribution in [0, 0.1) is 0 Å². The number of aromatic hydroxyl groups is 1. The Morgan fingerprint density at radius 3 is 2.43 bits per heavy atom. The molecule has 2 aliphatic heterocycles. The summed E-state index contributed by atoms with van der Waals surface area (Å²) in [4.78, 5) is 42.1. The summed E-state index contributed by atoms with van der Waals surface area (Å²) in [5.41, 5.74) is 2.55. The topological polar surface area (TPSA) is 90.0 Å².